The number of rotatable bonds is 7. The number of carbonyl (C=O) groups excluding carboxylic acids is 4. The Bertz CT molecular complexity index is 517. The normalized spacial score (nSPS) is 15.2. The van der Waals surface area contributed by atoms with Crippen LogP contribution in [0, 0.1) is 5.41 Å². The van der Waals surface area contributed by atoms with E-state index in [1.165, 1.54) is 0 Å². The largest absolute Gasteiger partial charge is 0.463 e. The number of Topliss-reactive ketones (excluding diaryl/α,β-unsaturated/α-hetero) is 1. The molecule has 24 heavy (non-hydrogen) atoms. The molecule has 1 amide bonds. The monoisotopic (exact) mass is 339 g/mol. The maximum absolute atomic E-state index is 12.4. The topological polar surface area (TPSA) is 90.0 Å². The van der Waals surface area contributed by atoms with Crippen molar-refractivity contribution < 1.29 is 28.7 Å². The van der Waals surface area contributed by atoms with Crippen LogP contribution in [0.15, 0.2) is 12.2 Å². The summed E-state index contributed by atoms with van der Waals surface area (Å²) in [5, 5.41) is 0. The van der Waals surface area contributed by atoms with Crippen LogP contribution in [-0.2, 0) is 28.7 Å². The van der Waals surface area contributed by atoms with Gasteiger partial charge in [0, 0.05) is 25.2 Å². The van der Waals surface area contributed by atoms with Gasteiger partial charge in [0.25, 0.3) is 5.91 Å². The molecule has 0 saturated carbocycles. The fourth-order valence-corrected chi connectivity index (χ4v) is 2.22. The fourth-order valence-electron chi connectivity index (χ4n) is 2.22. The van der Waals surface area contributed by atoms with Gasteiger partial charge < -0.3 is 14.4 Å². The van der Waals surface area contributed by atoms with Gasteiger partial charge in [-0.05, 0) is 40.0 Å². The molecule has 1 saturated heterocycles. The molecule has 0 bridgehead atoms. The lowest BCUT2D eigenvalue weighted by Crippen LogP contribution is -2.46. The Balaban J connectivity index is 2.52. The molecular weight excluding hydrogens is 314 g/mol. The molecule has 1 aliphatic heterocycles. The van der Waals surface area contributed by atoms with Crippen molar-refractivity contribution in [3.05, 3.63) is 12.2 Å². The summed E-state index contributed by atoms with van der Waals surface area (Å²) in [6.07, 6.45) is 4.75. The molecule has 7 nitrogen and oxygen atoms in total. The third-order valence-electron chi connectivity index (χ3n) is 3.67. The third kappa shape index (κ3) is 6.14. The number of hydrogen-bond acceptors (Lipinski definition) is 6. The van der Waals surface area contributed by atoms with Gasteiger partial charge in [0.05, 0.1) is 12.0 Å². The van der Waals surface area contributed by atoms with Crippen molar-refractivity contribution >= 4 is 23.6 Å². The van der Waals surface area contributed by atoms with Gasteiger partial charge in [-0.1, -0.05) is 0 Å². The lowest BCUT2D eigenvalue weighted by atomic mass is 9.88. The molecule has 7 heteroatoms. The van der Waals surface area contributed by atoms with Crippen LogP contribution in [0.3, 0.4) is 0 Å². The summed E-state index contributed by atoms with van der Waals surface area (Å²) in [5.74, 6) is -2.52. The van der Waals surface area contributed by atoms with Gasteiger partial charge in [0.15, 0.2) is 0 Å². The van der Waals surface area contributed by atoms with E-state index in [0.29, 0.717) is 13.1 Å². The third-order valence-corrected chi connectivity index (χ3v) is 3.67. The number of ketones is 1. The average Bonchev–Trinajstić information content (AvgIpc) is 2.58. The van der Waals surface area contributed by atoms with Crippen LogP contribution in [0.4, 0.5) is 0 Å². The molecule has 1 fully saturated rings. The minimum absolute atomic E-state index is 0.207. The minimum Gasteiger partial charge on any atom is -0.463 e. The predicted octanol–water partition coefficient (Wildman–Crippen LogP) is 1.26. The number of esters is 2. The molecule has 0 spiro atoms. The molecule has 1 aliphatic rings. The highest BCUT2D eigenvalue weighted by atomic mass is 16.5. The number of amides is 1. The standard InChI is InChI=1S/C17H25NO6/c1-4-23-13(19)8-9-14(20)24-12-17(2,3)15(21)16(22)18-10-6-5-7-11-18/h8-9H,4-7,10-12H2,1-3H3/b9-8+. The number of ether oxygens (including phenoxy) is 2. The first-order chi connectivity index (χ1) is 11.3. The van der Waals surface area contributed by atoms with Gasteiger partial charge in [0.1, 0.15) is 6.61 Å². The van der Waals surface area contributed by atoms with Gasteiger partial charge in [0.2, 0.25) is 5.78 Å². The van der Waals surface area contributed by atoms with Crippen LogP contribution in [-0.4, -0.2) is 54.8 Å². The van der Waals surface area contributed by atoms with E-state index in [9.17, 15) is 19.2 Å². The van der Waals surface area contributed by atoms with Crippen LogP contribution in [0.2, 0.25) is 0 Å². The van der Waals surface area contributed by atoms with Gasteiger partial charge in [-0.2, -0.15) is 0 Å². The summed E-state index contributed by atoms with van der Waals surface area (Å²) in [6.45, 7) is 5.90. The highest BCUT2D eigenvalue weighted by Crippen LogP contribution is 2.20. The Morgan fingerprint density at radius 3 is 2.04 bits per heavy atom. The molecule has 0 aromatic carbocycles. The Hall–Kier alpha value is -2.18. The minimum atomic E-state index is -1.12. The molecule has 0 aromatic rings. The molecule has 1 heterocycles. The number of piperidine rings is 1. The van der Waals surface area contributed by atoms with E-state index in [-0.39, 0.29) is 13.2 Å². The van der Waals surface area contributed by atoms with Gasteiger partial charge in [-0.25, -0.2) is 9.59 Å². The highest BCUT2D eigenvalue weighted by molar-refractivity contribution is 6.38. The first-order valence-corrected chi connectivity index (χ1v) is 8.13. The summed E-state index contributed by atoms with van der Waals surface area (Å²) in [4.78, 5) is 48.8. The zero-order chi connectivity index (χ0) is 18.2. The van der Waals surface area contributed by atoms with Crippen molar-refractivity contribution in [1.82, 2.24) is 4.90 Å². The van der Waals surface area contributed by atoms with Crippen LogP contribution < -0.4 is 0 Å². The maximum atomic E-state index is 12.4. The first-order valence-electron chi connectivity index (χ1n) is 8.13. The number of likely N-dealkylation sites (tertiary alicyclic amines) is 1. The van der Waals surface area contributed by atoms with Crippen molar-refractivity contribution in [3.63, 3.8) is 0 Å². The quantitative estimate of drug-likeness (QED) is 0.394. The molecular formula is C17H25NO6. The van der Waals surface area contributed by atoms with E-state index in [2.05, 4.69) is 4.74 Å². The molecule has 0 atom stereocenters. The smallest absolute Gasteiger partial charge is 0.331 e. The van der Waals surface area contributed by atoms with Gasteiger partial charge in [-0.15, -0.1) is 0 Å². The Labute approximate surface area is 142 Å². The van der Waals surface area contributed by atoms with Crippen molar-refractivity contribution in [3.8, 4) is 0 Å². The van der Waals surface area contributed by atoms with Crippen molar-refractivity contribution in [2.24, 2.45) is 5.41 Å². The summed E-state index contributed by atoms with van der Waals surface area (Å²) in [7, 11) is 0. The second-order valence-electron chi connectivity index (χ2n) is 6.26. The Morgan fingerprint density at radius 2 is 1.50 bits per heavy atom. The molecule has 0 radical (unpaired) electrons. The Morgan fingerprint density at radius 1 is 0.958 bits per heavy atom. The predicted molar refractivity (Wildman–Crippen MR) is 86.0 cm³/mol. The van der Waals surface area contributed by atoms with Crippen LogP contribution in [0.25, 0.3) is 0 Å². The fraction of sp³-hybridized carbons (Fsp3) is 0.647. The van der Waals surface area contributed by atoms with E-state index in [0.717, 1.165) is 31.4 Å². The summed E-state index contributed by atoms with van der Waals surface area (Å²) >= 11 is 0. The first kappa shape index (κ1) is 19.9. The number of carbonyl (C=O) groups is 4. The van der Waals surface area contributed by atoms with Crippen molar-refractivity contribution in [1.29, 1.82) is 0 Å². The number of hydrogen-bond donors (Lipinski definition) is 0. The van der Waals surface area contributed by atoms with E-state index in [1.807, 2.05) is 0 Å². The molecule has 0 aliphatic carbocycles. The highest BCUT2D eigenvalue weighted by Gasteiger charge is 2.37. The zero-order valence-corrected chi connectivity index (χ0v) is 14.5. The summed E-state index contributed by atoms with van der Waals surface area (Å²) in [6, 6.07) is 0. The van der Waals surface area contributed by atoms with Gasteiger partial charge in [-0.3, -0.25) is 9.59 Å². The lowest BCUT2D eigenvalue weighted by Gasteiger charge is -2.29. The second-order valence-corrected chi connectivity index (χ2v) is 6.26. The second kappa shape index (κ2) is 9.20. The molecule has 0 N–H and O–H groups in total. The zero-order valence-electron chi connectivity index (χ0n) is 14.5. The van der Waals surface area contributed by atoms with E-state index in [1.54, 1.807) is 25.7 Å². The summed E-state index contributed by atoms with van der Waals surface area (Å²) in [5.41, 5.74) is -1.12. The average molecular weight is 339 g/mol. The van der Waals surface area contributed by atoms with E-state index in [4.69, 9.17) is 4.74 Å². The lowest BCUT2D eigenvalue weighted by molar-refractivity contribution is -0.154. The van der Waals surface area contributed by atoms with Gasteiger partial charge >= 0.3 is 11.9 Å². The van der Waals surface area contributed by atoms with E-state index < -0.39 is 29.0 Å². The molecule has 134 valence electrons. The van der Waals surface area contributed by atoms with Crippen molar-refractivity contribution in [2.75, 3.05) is 26.3 Å². The molecule has 0 unspecified atom stereocenters. The number of nitrogens with zero attached hydrogens (tertiary/aromatic N) is 1. The van der Waals surface area contributed by atoms with E-state index >= 15 is 0 Å². The summed E-state index contributed by atoms with van der Waals surface area (Å²) < 4.78 is 9.61. The Kier molecular flexibility index (Phi) is 7.61. The van der Waals surface area contributed by atoms with Crippen LogP contribution in [0.5, 0.6) is 0 Å². The van der Waals surface area contributed by atoms with Crippen LogP contribution in [0.1, 0.15) is 40.0 Å². The van der Waals surface area contributed by atoms with Crippen molar-refractivity contribution in [2.45, 2.75) is 40.0 Å². The molecule has 0 aromatic heterocycles. The maximum Gasteiger partial charge on any atom is 0.331 e. The molecule has 1 rings (SSSR count). The SMILES string of the molecule is CCOC(=O)/C=C/C(=O)OCC(C)(C)C(=O)C(=O)N1CCCCC1. The van der Waals surface area contributed by atoms with Crippen LogP contribution >= 0.6 is 0 Å².